The van der Waals surface area contributed by atoms with Crippen LogP contribution < -0.4 is 10.5 Å². The number of esters is 1. The van der Waals surface area contributed by atoms with Gasteiger partial charge in [-0.15, -0.1) is 0 Å². The molecule has 0 aromatic heterocycles. The monoisotopic (exact) mass is 357 g/mol. The molecule has 6 nitrogen and oxygen atoms in total. The van der Waals surface area contributed by atoms with E-state index < -0.39 is 11.9 Å². The summed E-state index contributed by atoms with van der Waals surface area (Å²) in [5.74, 6) is -0.102. The molecule has 0 radical (unpaired) electrons. The number of hydrogen-bond donors (Lipinski definition) is 1. The number of rotatable bonds is 5. The van der Waals surface area contributed by atoms with Crippen molar-refractivity contribution in [1.82, 2.24) is 0 Å². The van der Waals surface area contributed by atoms with Crippen molar-refractivity contribution in [3.05, 3.63) is 52.6 Å². The van der Waals surface area contributed by atoms with Crippen molar-refractivity contribution in [2.24, 2.45) is 5.73 Å². The van der Waals surface area contributed by atoms with Crippen LogP contribution in [-0.4, -0.2) is 25.0 Å². The molecule has 2 N–H and O–H groups in total. The van der Waals surface area contributed by atoms with E-state index in [1.807, 2.05) is 31.2 Å². The maximum atomic E-state index is 12.7. The maximum absolute atomic E-state index is 12.7. The molecule has 2 aliphatic rings. The molecule has 0 bridgehead atoms. The smallest absolute Gasteiger partial charge is 0.340 e. The number of nitrogens with two attached hydrogens (primary N) is 1. The van der Waals surface area contributed by atoms with Crippen LogP contribution in [0.25, 0.3) is 0 Å². The van der Waals surface area contributed by atoms with Crippen LogP contribution in [0.1, 0.15) is 44.6 Å². The number of ketones is 1. The van der Waals surface area contributed by atoms with Gasteiger partial charge in [0.05, 0.1) is 19.1 Å². The highest BCUT2D eigenvalue weighted by atomic mass is 16.5. The molecule has 0 saturated carbocycles. The Bertz CT molecular complexity index is 793. The molecule has 1 atom stereocenters. The first kappa shape index (κ1) is 18.0. The summed E-state index contributed by atoms with van der Waals surface area (Å²) in [6.45, 7) is 4.27. The van der Waals surface area contributed by atoms with E-state index in [1.54, 1.807) is 6.92 Å². The molecule has 1 aromatic rings. The first-order valence-electron chi connectivity index (χ1n) is 8.91. The van der Waals surface area contributed by atoms with Gasteiger partial charge in [0.15, 0.2) is 5.78 Å². The third-order valence-electron chi connectivity index (χ3n) is 4.51. The molecule has 0 spiro atoms. The van der Waals surface area contributed by atoms with Crippen molar-refractivity contribution < 1.29 is 23.8 Å². The standard InChI is InChI=1S/C20H23NO5/c1-3-24-14-10-6-5-8-12(14)16-17-13(22)9-7-11-15(17)26-19(21)18(16)20(23)25-4-2/h5-6,8,10,16H,3-4,7,9,11,21H2,1-2H3/t16-/m1/s1. The molecule has 1 heterocycles. The van der Waals surface area contributed by atoms with Crippen LogP contribution in [0.15, 0.2) is 47.1 Å². The van der Waals surface area contributed by atoms with Gasteiger partial charge in [0.1, 0.15) is 17.1 Å². The van der Waals surface area contributed by atoms with Crippen molar-refractivity contribution in [1.29, 1.82) is 0 Å². The van der Waals surface area contributed by atoms with Crippen LogP contribution in [-0.2, 0) is 19.1 Å². The molecule has 138 valence electrons. The summed E-state index contributed by atoms with van der Waals surface area (Å²) >= 11 is 0. The van der Waals surface area contributed by atoms with Crippen LogP contribution in [0.5, 0.6) is 5.75 Å². The Morgan fingerprint density at radius 3 is 2.73 bits per heavy atom. The van der Waals surface area contributed by atoms with Crippen LogP contribution in [0.2, 0.25) is 0 Å². The normalized spacial score (nSPS) is 19.8. The van der Waals surface area contributed by atoms with E-state index in [1.165, 1.54) is 0 Å². The van der Waals surface area contributed by atoms with Crippen molar-refractivity contribution in [3.63, 3.8) is 0 Å². The van der Waals surface area contributed by atoms with Crippen LogP contribution in [0, 0.1) is 0 Å². The number of Topliss-reactive ketones (excluding diaryl/α,β-unsaturated/α-hetero) is 1. The van der Waals surface area contributed by atoms with Crippen LogP contribution in [0.3, 0.4) is 0 Å². The van der Waals surface area contributed by atoms with Gasteiger partial charge < -0.3 is 19.9 Å². The van der Waals surface area contributed by atoms with Gasteiger partial charge in [-0.25, -0.2) is 4.79 Å². The van der Waals surface area contributed by atoms with Gasteiger partial charge in [0.2, 0.25) is 5.88 Å². The SMILES string of the molecule is CCOC(=O)C1=C(N)OC2=C(C(=O)CCC2)[C@H]1c1ccccc1OCC. The number of carbonyl (C=O) groups is 2. The third-order valence-corrected chi connectivity index (χ3v) is 4.51. The Hall–Kier alpha value is -2.76. The maximum Gasteiger partial charge on any atom is 0.340 e. The number of allylic oxidation sites excluding steroid dienone is 2. The van der Waals surface area contributed by atoms with E-state index in [0.717, 1.165) is 0 Å². The van der Waals surface area contributed by atoms with Gasteiger partial charge in [-0.3, -0.25) is 4.79 Å². The second kappa shape index (κ2) is 7.64. The van der Waals surface area contributed by atoms with Crippen molar-refractivity contribution in [3.8, 4) is 5.75 Å². The van der Waals surface area contributed by atoms with E-state index in [0.29, 0.717) is 48.5 Å². The highest BCUT2D eigenvalue weighted by Gasteiger charge is 2.42. The Labute approximate surface area is 152 Å². The predicted octanol–water partition coefficient (Wildman–Crippen LogP) is 2.94. The molecule has 1 aliphatic heterocycles. The van der Waals surface area contributed by atoms with Gasteiger partial charge in [-0.1, -0.05) is 18.2 Å². The summed E-state index contributed by atoms with van der Waals surface area (Å²) < 4.78 is 16.6. The lowest BCUT2D eigenvalue weighted by atomic mass is 9.77. The zero-order valence-corrected chi connectivity index (χ0v) is 15.0. The summed E-state index contributed by atoms with van der Waals surface area (Å²) in [7, 11) is 0. The third kappa shape index (κ3) is 3.19. The lowest BCUT2D eigenvalue weighted by Crippen LogP contribution is -2.31. The number of benzene rings is 1. The minimum absolute atomic E-state index is 0.00629. The first-order chi connectivity index (χ1) is 12.6. The van der Waals surface area contributed by atoms with Gasteiger partial charge >= 0.3 is 5.97 Å². The van der Waals surface area contributed by atoms with Gasteiger partial charge in [0, 0.05) is 24.0 Å². The molecule has 1 aliphatic carbocycles. The average molecular weight is 357 g/mol. The molecule has 0 fully saturated rings. The zero-order valence-electron chi connectivity index (χ0n) is 15.0. The Balaban J connectivity index is 2.19. The van der Waals surface area contributed by atoms with E-state index >= 15 is 0 Å². The number of para-hydroxylation sites is 1. The molecule has 0 saturated heterocycles. The largest absolute Gasteiger partial charge is 0.494 e. The Morgan fingerprint density at radius 1 is 1.23 bits per heavy atom. The van der Waals surface area contributed by atoms with E-state index in [9.17, 15) is 9.59 Å². The molecule has 1 aromatic carbocycles. The highest BCUT2D eigenvalue weighted by Crippen LogP contribution is 2.46. The summed E-state index contributed by atoms with van der Waals surface area (Å²) in [6.07, 6.45) is 1.75. The van der Waals surface area contributed by atoms with Gasteiger partial charge in [-0.2, -0.15) is 0 Å². The number of hydrogen-bond acceptors (Lipinski definition) is 6. The summed E-state index contributed by atoms with van der Waals surface area (Å²) in [5.41, 5.74) is 7.45. The quantitative estimate of drug-likeness (QED) is 0.815. The predicted molar refractivity (Wildman–Crippen MR) is 95.2 cm³/mol. The molecular weight excluding hydrogens is 334 g/mol. The zero-order chi connectivity index (χ0) is 18.7. The van der Waals surface area contributed by atoms with E-state index in [2.05, 4.69) is 0 Å². The van der Waals surface area contributed by atoms with E-state index in [-0.39, 0.29) is 23.8 Å². The van der Waals surface area contributed by atoms with E-state index in [4.69, 9.17) is 19.9 Å². The lowest BCUT2D eigenvalue weighted by molar-refractivity contribution is -0.139. The Morgan fingerprint density at radius 2 is 2.00 bits per heavy atom. The summed E-state index contributed by atoms with van der Waals surface area (Å²) in [6, 6.07) is 7.36. The van der Waals surface area contributed by atoms with Crippen molar-refractivity contribution >= 4 is 11.8 Å². The lowest BCUT2D eigenvalue weighted by Gasteiger charge is -2.33. The second-order valence-corrected chi connectivity index (χ2v) is 6.12. The molecule has 26 heavy (non-hydrogen) atoms. The fraction of sp³-hybridized carbons (Fsp3) is 0.400. The fourth-order valence-electron chi connectivity index (χ4n) is 3.48. The molecule has 6 heteroatoms. The van der Waals surface area contributed by atoms with Gasteiger partial charge in [-0.05, 0) is 26.3 Å². The molecule has 0 amide bonds. The minimum atomic E-state index is -0.645. The average Bonchev–Trinajstić information content (AvgIpc) is 2.62. The fourth-order valence-corrected chi connectivity index (χ4v) is 3.48. The van der Waals surface area contributed by atoms with Gasteiger partial charge in [0.25, 0.3) is 0 Å². The number of carbonyl (C=O) groups excluding carboxylic acids is 2. The number of ether oxygens (including phenoxy) is 3. The first-order valence-corrected chi connectivity index (χ1v) is 8.91. The minimum Gasteiger partial charge on any atom is -0.494 e. The van der Waals surface area contributed by atoms with Crippen molar-refractivity contribution in [2.45, 2.75) is 39.0 Å². The summed E-state index contributed by atoms with van der Waals surface area (Å²) in [5, 5.41) is 0. The summed E-state index contributed by atoms with van der Waals surface area (Å²) in [4.78, 5) is 25.3. The molecule has 0 unspecified atom stereocenters. The highest BCUT2D eigenvalue weighted by molar-refractivity contribution is 6.03. The molecule has 3 rings (SSSR count). The van der Waals surface area contributed by atoms with Crippen LogP contribution >= 0.6 is 0 Å². The topological polar surface area (TPSA) is 87.9 Å². The molecular formula is C20H23NO5. The Kier molecular flexibility index (Phi) is 5.30. The van der Waals surface area contributed by atoms with Crippen molar-refractivity contribution in [2.75, 3.05) is 13.2 Å². The van der Waals surface area contributed by atoms with Crippen LogP contribution in [0.4, 0.5) is 0 Å². The second-order valence-electron chi connectivity index (χ2n) is 6.12.